The van der Waals surface area contributed by atoms with E-state index < -0.39 is 0 Å². The first kappa shape index (κ1) is 18.1. The standard InChI is InChI=1S/C22H26N6O.H2/c1-17-11-18(24-22-23-16-28(25-22)19-5-3-2-4-6-19)13-20(12-17)27-14-21(15-27)26-7-9-29-10-8-26;/h2-6,11-13,16,21H,7-10,14-15H2,1H3,(H,24,25);1H. The molecule has 2 aliphatic rings. The lowest BCUT2D eigenvalue weighted by atomic mass is 10.0. The van der Waals surface area contributed by atoms with E-state index in [0.29, 0.717) is 12.0 Å². The quantitative estimate of drug-likeness (QED) is 0.720. The predicted octanol–water partition coefficient (Wildman–Crippen LogP) is 3.09. The van der Waals surface area contributed by atoms with Crippen molar-refractivity contribution in [2.45, 2.75) is 13.0 Å². The molecule has 7 heteroatoms. The van der Waals surface area contributed by atoms with Crippen LogP contribution in [-0.4, -0.2) is 65.1 Å². The number of morpholine rings is 1. The fourth-order valence-electron chi connectivity index (χ4n) is 4.01. The van der Waals surface area contributed by atoms with E-state index >= 15 is 0 Å². The highest BCUT2D eigenvalue weighted by Crippen LogP contribution is 2.29. The van der Waals surface area contributed by atoms with Crippen molar-refractivity contribution in [1.82, 2.24) is 19.7 Å². The third-order valence-corrected chi connectivity index (χ3v) is 5.62. The molecule has 3 aromatic rings. The molecule has 0 amide bonds. The zero-order valence-electron chi connectivity index (χ0n) is 16.7. The molecule has 0 radical (unpaired) electrons. The SMILES string of the molecule is Cc1cc(Nc2ncn(-c3ccccc3)n2)cc(N2CC(N3CCOCC3)C2)c1.[HH]. The maximum Gasteiger partial charge on any atom is 0.246 e. The van der Waals surface area contributed by atoms with Crippen molar-refractivity contribution in [3.63, 3.8) is 0 Å². The molecule has 0 aliphatic carbocycles. The lowest BCUT2D eigenvalue weighted by molar-refractivity contribution is 0.0105. The monoisotopic (exact) mass is 392 g/mol. The van der Waals surface area contributed by atoms with Gasteiger partial charge in [-0.25, -0.2) is 4.68 Å². The number of para-hydroxylation sites is 1. The summed E-state index contributed by atoms with van der Waals surface area (Å²) in [4.78, 5) is 9.40. The van der Waals surface area contributed by atoms with Crippen molar-refractivity contribution in [3.8, 4) is 5.69 Å². The first-order valence-electron chi connectivity index (χ1n) is 10.2. The summed E-state index contributed by atoms with van der Waals surface area (Å²) in [5, 5.41) is 7.91. The number of aromatic nitrogens is 3. The van der Waals surface area contributed by atoms with Crippen molar-refractivity contribution >= 4 is 17.3 Å². The maximum atomic E-state index is 5.47. The van der Waals surface area contributed by atoms with Crippen LogP contribution in [0.4, 0.5) is 17.3 Å². The van der Waals surface area contributed by atoms with Gasteiger partial charge in [0, 0.05) is 45.0 Å². The molecule has 152 valence electrons. The number of anilines is 3. The lowest BCUT2D eigenvalue weighted by Crippen LogP contribution is -2.61. The lowest BCUT2D eigenvalue weighted by Gasteiger charge is -2.47. The van der Waals surface area contributed by atoms with E-state index in [9.17, 15) is 0 Å². The summed E-state index contributed by atoms with van der Waals surface area (Å²) in [5.41, 5.74) is 4.48. The summed E-state index contributed by atoms with van der Waals surface area (Å²) in [6.07, 6.45) is 1.73. The van der Waals surface area contributed by atoms with Gasteiger partial charge in [0.25, 0.3) is 0 Å². The number of hydrogen-bond donors (Lipinski definition) is 1. The second-order valence-electron chi connectivity index (χ2n) is 7.74. The molecule has 0 spiro atoms. The number of nitrogens with one attached hydrogen (secondary N) is 1. The molecule has 1 aromatic heterocycles. The van der Waals surface area contributed by atoms with E-state index in [-0.39, 0.29) is 1.43 Å². The molecular weight excluding hydrogens is 364 g/mol. The van der Waals surface area contributed by atoms with Crippen molar-refractivity contribution in [1.29, 1.82) is 0 Å². The second kappa shape index (κ2) is 7.85. The number of ether oxygens (including phenoxy) is 1. The van der Waals surface area contributed by atoms with Crippen LogP contribution < -0.4 is 10.2 Å². The molecule has 2 fully saturated rings. The highest BCUT2D eigenvalue weighted by molar-refractivity contribution is 5.65. The third kappa shape index (κ3) is 3.97. The van der Waals surface area contributed by atoms with E-state index in [1.807, 2.05) is 30.3 Å². The Morgan fingerprint density at radius 2 is 1.83 bits per heavy atom. The highest BCUT2D eigenvalue weighted by atomic mass is 16.5. The van der Waals surface area contributed by atoms with Gasteiger partial charge in [0.15, 0.2) is 0 Å². The van der Waals surface area contributed by atoms with Gasteiger partial charge < -0.3 is 15.0 Å². The van der Waals surface area contributed by atoms with Crippen LogP contribution in [0, 0.1) is 6.92 Å². The summed E-state index contributed by atoms with van der Waals surface area (Å²) in [6, 6.07) is 17.2. The summed E-state index contributed by atoms with van der Waals surface area (Å²) in [6.45, 7) is 8.09. The first-order chi connectivity index (χ1) is 14.2. The summed E-state index contributed by atoms with van der Waals surface area (Å²) >= 11 is 0. The maximum absolute atomic E-state index is 5.47. The van der Waals surface area contributed by atoms with Crippen molar-refractivity contribution in [2.24, 2.45) is 0 Å². The summed E-state index contributed by atoms with van der Waals surface area (Å²) in [5.74, 6) is 0.597. The molecule has 0 bridgehead atoms. The molecule has 2 saturated heterocycles. The summed E-state index contributed by atoms with van der Waals surface area (Å²) in [7, 11) is 0. The second-order valence-corrected chi connectivity index (χ2v) is 7.74. The van der Waals surface area contributed by atoms with Crippen LogP contribution in [-0.2, 0) is 4.74 Å². The molecule has 2 aromatic carbocycles. The van der Waals surface area contributed by atoms with Crippen molar-refractivity contribution in [2.75, 3.05) is 49.6 Å². The zero-order chi connectivity index (χ0) is 19.6. The van der Waals surface area contributed by atoms with Gasteiger partial charge in [0.05, 0.1) is 18.9 Å². The van der Waals surface area contributed by atoms with Crippen LogP contribution in [0.1, 0.15) is 6.99 Å². The first-order valence-corrected chi connectivity index (χ1v) is 10.2. The Labute approximate surface area is 172 Å². The number of rotatable bonds is 5. The van der Waals surface area contributed by atoms with Gasteiger partial charge in [-0.2, -0.15) is 4.98 Å². The molecule has 1 N–H and O–H groups in total. The fraction of sp³-hybridized carbons (Fsp3) is 0.364. The van der Waals surface area contributed by atoms with Gasteiger partial charge in [-0.1, -0.05) is 18.2 Å². The Balaban J connectivity index is 0.00000218. The van der Waals surface area contributed by atoms with Gasteiger partial charge in [-0.3, -0.25) is 4.90 Å². The molecule has 0 saturated carbocycles. The van der Waals surface area contributed by atoms with Gasteiger partial charge in [0.2, 0.25) is 5.95 Å². The number of benzene rings is 2. The average Bonchev–Trinajstić information content (AvgIpc) is 3.16. The number of aryl methyl sites for hydroxylation is 1. The largest absolute Gasteiger partial charge is 0.379 e. The van der Waals surface area contributed by atoms with Gasteiger partial charge >= 0.3 is 0 Å². The fourth-order valence-corrected chi connectivity index (χ4v) is 4.01. The predicted molar refractivity (Wildman–Crippen MR) is 116 cm³/mol. The minimum Gasteiger partial charge on any atom is -0.379 e. The van der Waals surface area contributed by atoms with E-state index in [4.69, 9.17) is 4.74 Å². The van der Waals surface area contributed by atoms with Crippen LogP contribution >= 0.6 is 0 Å². The van der Waals surface area contributed by atoms with Crippen molar-refractivity contribution < 1.29 is 6.16 Å². The van der Waals surface area contributed by atoms with E-state index in [2.05, 4.69) is 50.3 Å². The van der Waals surface area contributed by atoms with Crippen LogP contribution in [0.2, 0.25) is 0 Å². The van der Waals surface area contributed by atoms with Gasteiger partial charge in [0.1, 0.15) is 6.33 Å². The molecule has 29 heavy (non-hydrogen) atoms. The number of nitrogens with zero attached hydrogens (tertiary/aromatic N) is 5. The molecule has 7 nitrogen and oxygen atoms in total. The Morgan fingerprint density at radius 1 is 1.03 bits per heavy atom. The smallest absolute Gasteiger partial charge is 0.246 e. The Kier molecular flexibility index (Phi) is 4.91. The third-order valence-electron chi connectivity index (χ3n) is 5.62. The molecule has 0 atom stereocenters. The average molecular weight is 393 g/mol. The molecule has 2 aliphatic heterocycles. The molecular formula is C22H28N6O. The minimum absolute atomic E-state index is 0. The number of hydrogen-bond acceptors (Lipinski definition) is 6. The van der Waals surface area contributed by atoms with Crippen LogP contribution in [0.15, 0.2) is 54.9 Å². The molecule has 3 heterocycles. The van der Waals surface area contributed by atoms with Crippen molar-refractivity contribution in [3.05, 3.63) is 60.4 Å². The Bertz CT molecular complexity index is 967. The zero-order valence-corrected chi connectivity index (χ0v) is 16.7. The van der Waals surface area contributed by atoms with Gasteiger partial charge in [-0.05, 0) is 42.8 Å². The van der Waals surface area contributed by atoms with E-state index in [0.717, 1.165) is 50.8 Å². The van der Waals surface area contributed by atoms with Gasteiger partial charge in [-0.15, -0.1) is 5.10 Å². The van der Waals surface area contributed by atoms with Crippen LogP contribution in [0.5, 0.6) is 0 Å². The molecule has 0 unspecified atom stereocenters. The Morgan fingerprint density at radius 3 is 2.62 bits per heavy atom. The Hall–Kier alpha value is -2.90. The minimum atomic E-state index is 0. The molecule has 5 rings (SSSR count). The summed E-state index contributed by atoms with van der Waals surface area (Å²) < 4.78 is 7.25. The van der Waals surface area contributed by atoms with E-state index in [1.54, 1.807) is 11.0 Å². The topological polar surface area (TPSA) is 58.5 Å². The van der Waals surface area contributed by atoms with E-state index in [1.165, 1.54) is 11.3 Å². The highest BCUT2D eigenvalue weighted by Gasteiger charge is 2.32. The van der Waals surface area contributed by atoms with Crippen LogP contribution in [0.3, 0.4) is 0 Å². The van der Waals surface area contributed by atoms with Crippen LogP contribution in [0.25, 0.3) is 5.69 Å². The normalized spacial score (nSPS) is 17.9.